The molecule has 2 aromatic carbocycles. The summed E-state index contributed by atoms with van der Waals surface area (Å²) in [6.45, 7) is 7.67. The van der Waals surface area contributed by atoms with E-state index in [4.69, 9.17) is 0 Å². The molecule has 2 aromatic rings. The van der Waals surface area contributed by atoms with Crippen LogP contribution in [-0.2, 0) is 16.4 Å². The van der Waals surface area contributed by atoms with Crippen LogP contribution in [0.25, 0.3) is 0 Å². The molecule has 4 heteroatoms. The van der Waals surface area contributed by atoms with Gasteiger partial charge < -0.3 is 0 Å². The van der Waals surface area contributed by atoms with Crippen LogP contribution in [0, 0.1) is 13.8 Å². The molecule has 2 rings (SSSR count). The molecule has 0 heterocycles. The molecule has 0 amide bonds. The summed E-state index contributed by atoms with van der Waals surface area (Å²) in [5.41, 5.74) is 3.90. The highest BCUT2D eigenvalue weighted by Gasteiger charge is 2.20. The molecule has 0 saturated heterocycles. The highest BCUT2D eigenvalue weighted by atomic mass is 32.2. The molecule has 22 heavy (non-hydrogen) atoms. The Balaban J connectivity index is 2.25. The summed E-state index contributed by atoms with van der Waals surface area (Å²) in [4.78, 5) is 0.351. The fraction of sp³-hybridized carbons (Fsp3) is 0.333. The maximum Gasteiger partial charge on any atom is 0.241 e. The van der Waals surface area contributed by atoms with Gasteiger partial charge >= 0.3 is 0 Å². The normalized spacial score (nSPS) is 13.1. The Morgan fingerprint density at radius 1 is 1.05 bits per heavy atom. The molecule has 1 N–H and O–H groups in total. The molecule has 0 aliphatic carbocycles. The molecule has 0 aromatic heterocycles. The van der Waals surface area contributed by atoms with Crippen molar-refractivity contribution in [3.63, 3.8) is 0 Å². The minimum atomic E-state index is -3.53. The second kappa shape index (κ2) is 6.63. The fourth-order valence-electron chi connectivity index (χ4n) is 2.40. The summed E-state index contributed by atoms with van der Waals surface area (Å²) < 4.78 is 28.0. The lowest BCUT2D eigenvalue weighted by Crippen LogP contribution is -2.27. The fourth-order valence-corrected chi connectivity index (χ4v) is 3.96. The van der Waals surface area contributed by atoms with E-state index in [9.17, 15) is 8.42 Å². The zero-order valence-electron chi connectivity index (χ0n) is 13.6. The van der Waals surface area contributed by atoms with E-state index in [0.29, 0.717) is 4.90 Å². The van der Waals surface area contributed by atoms with Crippen LogP contribution in [0.3, 0.4) is 0 Å². The number of benzene rings is 2. The Bertz CT molecular complexity index is 749. The molecule has 0 spiro atoms. The zero-order valence-corrected chi connectivity index (χ0v) is 14.4. The lowest BCUT2D eigenvalue weighted by molar-refractivity contribution is 0.566. The van der Waals surface area contributed by atoms with E-state index in [0.717, 1.165) is 23.1 Å². The minimum Gasteiger partial charge on any atom is -0.207 e. The first-order valence-corrected chi connectivity index (χ1v) is 9.00. The Labute approximate surface area is 133 Å². The lowest BCUT2D eigenvalue weighted by Gasteiger charge is -2.16. The van der Waals surface area contributed by atoms with Crippen molar-refractivity contribution in [3.05, 3.63) is 64.7 Å². The van der Waals surface area contributed by atoms with Crippen molar-refractivity contribution in [2.24, 2.45) is 0 Å². The van der Waals surface area contributed by atoms with Gasteiger partial charge in [0.2, 0.25) is 10.0 Å². The highest BCUT2D eigenvalue weighted by molar-refractivity contribution is 7.89. The summed E-state index contributed by atoms with van der Waals surface area (Å²) in [5.74, 6) is 0. The predicted octanol–water partition coefficient (Wildman–Crippen LogP) is 3.91. The van der Waals surface area contributed by atoms with Gasteiger partial charge in [-0.1, -0.05) is 43.3 Å². The molecular weight excluding hydrogens is 294 g/mol. The van der Waals surface area contributed by atoms with E-state index in [1.54, 1.807) is 6.07 Å². The van der Waals surface area contributed by atoms with Gasteiger partial charge in [-0.3, -0.25) is 0 Å². The van der Waals surface area contributed by atoms with E-state index in [2.05, 4.69) is 11.6 Å². The van der Waals surface area contributed by atoms with Crippen molar-refractivity contribution >= 4 is 10.0 Å². The van der Waals surface area contributed by atoms with Crippen LogP contribution in [-0.4, -0.2) is 8.42 Å². The monoisotopic (exact) mass is 317 g/mol. The van der Waals surface area contributed by atoms with Crippen molar-refractivity contribution < 1.29 is 8.42 Å². The number of hydrogen-bond donors (Lipinski definition) is 1. The van der Waals surface area contributed by atoms with E-state index in [1.165, 1.54) is 5.56 Å². The van der Waals surface area contributed by atoms with Gasteiger partial charge in [-0.2, -0.15) is 0 Å². The van der Waals surface area contributed by atoms with Crippen molar-refractivity contribution in [1.82, 2.24) is 4.72 Å². The van der Waals surface area contributed by atoms with Gasteiger partial charge in [0.15, 0.2) is 0 Å². The van der Waals surface area contributed by atoms with Gasteiger partial charge in [0, 0.05) is 6.04 Å². The van der Waals surface area contributed by atoms with Crippen LogP contribution < -0.4 is 4.72 Å². The van der Waals surface area contributed by atoms with Crippen molar-refractivity contribution in [2.45, 2.75) is 45.1 Å². The van der Waals surface area contributed by atoms with Gasteiger partial charge in [0.25, 0.3) is 0 Å². The van der Waals surface area contributed by atoms with E-state index >= 15 is 0 Å². The number of rotatable bonds is 5. The minimum absolute atomic E-state index is 0.268. The molecule has 1 atom stereocenters. The first-order chi connectivity index (χ1) is 10.3. The van der Waals surface area contributed by atoms with Gasteiger partial charge in [-0.05, 0) is 55.5 Å². The summed E-state index contributed by atoms with van der Waals surface area (Å²) in [7, 11) is -3.53. The summed E-state index contributed by atoms with van der Waals surface area (Å²) in [6, 6.07) is 13.2. The van der Waals surface area contributed by atoms with Gasteiger partial charge in [0.1, 0.15) is 0 Å². The topological polar surface area (TPSA) is 46.2 Å². The Hall–Kier alpha value is -1.65. The van der Waals surface area contributed by atoms with Gasteiger partial charge in [-0.15, -0.1) is 0 Å². The first-order valence-electron chi connectivity index (χ1n) is 7.52. The van der Waals surface area contributed by atoms with Gasteiger partial charge in [-0.25, -0.2) is 13.1 Å². The van der Waals surface area contributed by atoms with Gasteiger partial charge in [0.05, 0.1) is 4.90 Å². The molecule has 0 saturated carbocycles. The number of nitrogens with one attached hydrogen (secondary N) is 1. The Morgan fingerprint density at radius 3 is 2.27 bits per heavy atom. The van der Waals surface area contributed by atoms with E-state index in [1.807, 2.05) is 57.2 Å². The summed E-state index contributed by atoms with van der Waals surface area (Å²) in [6.07, 6.45) is 0.975. The van der Waals surface area contributed by atoms with Crippen LogP contribution in [0.1, 0.15) is 42.1 Å². The maximum absolute atomic E-state index is 12.6. The molecule has 0 aliphatic rings. The van der Waals surface area contributed by atoms with Crippen LogP contribution in [0.15, 0.2) is 47.4 Å². The van der Waals surface area contributed by atoms with Crippen molar-refractivity contribution in [2.75, 3.05) is 0 Å². The number of sulfonamides is 1. The molecule has 0 bridgehead atoms. The summed E-state index contributed by atoms with van der Waals surface area (Å²) in [5, 5.41) is 0. The standard InChI is InChI=1S/C18H23NO2S/c1-5-16-8-10-17(11-9-16)15(4)19-22(20,21)18-12-13(2)6-7-14(18)3/h6-12,15,19H,5H2,1-4H3/t15-/m0/s1. The third-order valence-electron chi connectivity index (χ3n) is 3.85. The number of aryl methyl sites for hydroxylation is 3. The maximum atomic E-state index is 12.6. The number of hydrogen-bond acceptors (Lipinski definition) is 2. The SMILES string of the molecule is CCc1ccc([C@H](C)NS(=O)(=O)c2cc(C)ccc2C)cc1. The molecular formula is C18H23NO2S. The van der Waals surface area contributed by atoms with Crippen LogP contribution in [0.2, 0.25) is 0 Å². The molecule has 118 valence electrons. The summed E-state index contributed by atoms with van der Waals surface area (Å²) >= 11 is 0. The predicted molar refractivity (Wildman–Crippen MR) is 90.5 cm³/mol. The second-order valence-corrected chi connectivity index (χ2v) is 7.39. The first kappa shape index (κ1) is 16.7. The molecule has 0 aliphatic heterocycles. The second-order valence-electron chi connectivity index (χ2n) is 5.71. The molecule has 0 unspecified atom stereocenters. The Morgan fingerprint density at radius 2 is 1.68 bits per heavy atom. The average molecular weight is 317 g/mol. The van der Waals surface area contributed by atoms with Crippen molar-refractivity contribution in [3.8, 4) is 0 Å². The highest BCUT2D eigenvalue weighted by Crippen LogP contribution is 2.21. The lowest BCUT2D eigenvalue weighted by atomic mass is 10.1. The quantitative estimate of drug-likeness (QED) is 0.909. The molecule has 3 nitrogen and oxygen atoms in total. The van der Waals surface area contributed by atoms with E-state index < -0.39 is 10.0 Å². The molecule has 0 radical (unpaired) electrons. The zero-order chi connectivity index (χ0) is 16.3. The van der Waals surface area contributed by atoms with Crippen molar-refractivity contribution in [1.29, 1.82) is 0 Å². The van der Waals surface area contributed by atoms with Crippen LogP contribution >= 0.6 is 0 Å². The smallest absolute Gasteiger partial charge is 0.207 e. The Kier molecular flexibility index (Phi) is 5.04. The van der Waals surface area contributed by atoms with Crippen LogP contribution in [0.5, 0.6) is 0 Å². The third-order valence-corrected chi connectivity index (χ3v) is 5.54. The van der Waals surface area contributed by atoms with E-state index in [-0.39, 0.29) is 6.04 Å². The molecule has 0 fully saturated rings. The van der Waals surface area contributed by atoms with Crippen LogP contribution in [0.4, 0.5) is 0 Å². The largest absolute Gasteiger partial charge is 0.241 e. The average Bonchev–Trinajstić information content (AvgIpc) is 2.49. The third kappa shape index (κ3) is 3.76.